The van der Waals surface area contributed by atoms with Crippen LogP contribution in [0.5, 0.6) is 0 Å². The normalized spacial score (nSPS) is 14.5. The first kappa shape index (κ1) is 18.2. The van der Waals surface area contributed by atoms with E-state index < -0.39 is 0 Å². The number of nitrogens with zero attached hydrogens (tertiary/aromatic N) is 4. The predicted octanol–water partition coefficient (Wildman–Crippen LogP) is 2.58. The molecule has 2 aromatic carbocycles. The Balaban J connectivity index is 1.42. The van der Waals surface area contributed by atoms with Gasteiger partial charge in [-0.2, -0.15) is 5.10 Å². The Labute approximate surface area is 166 Å². The van der Waals surface area contributed by atoms with Crippen molar-refractivity contribution in [3.8, 4) is 5.69 Å². The molecule has 142 valence electrons. The molecule has 1 aliphatic rings. The van der Waals surface area contributed by atoms with Crippen LogP contribution in [0.3, 0.4) is 0 Å². The number of aromatic nitrogens is 3. The lowest BCUT2D eigenvalue weighted by Gasteiger charge is -2.28. The van der Waals surface area contributed by atoms with E-state index in [-0.39, 0.29) is 24.4 Å². The average molecular weight is 393 g/mol. The summed E-state index contributed by atoms with van der Waals surface area (Å²) in [6, 6.07) is 15.2. The molecule has 2 heterocycles. The quantitative estimate of drug-likeness (QED) is 0.721. The molecular weight excluding hydrogens is 374 g/mol. The molecule has 1 unspecified atom stereocenters. The third kappa shape index (κ3) is 3.77. The van der Waals surface area contributed by atoms with Crippen molar-refractivity contribution in [2.24, 2.45) is 0 Å². The minimum absolute atomic E-state index is 0.0117. The number of rotatable bonds is 5. The molecule has 1 aliphatic heterocycles. The Morgan fingerprint density at radius 1 is 1.21 bits per heavy atom. The second-order valence-electron chi connectivity index (χ2n) is 6.46. The van der Waals surface area contributed by atoms with Crippen molar-refractivity contribution >= 4 is 29.3 Å². The molecule has 0 radical (unpaired) electrons. The third-order valence-electron chi connectivity index (χ3n) is 4.56. The summed E-state index contributed by atoms with van der Waals surface area (Å²) in [5, 5.41) is 7.07. The van der Waals surface area contributed by atoms with E-state index in [0.29, 0.717) is 5.75 Å². The molecule has 3 aromatic rings. The lowest BCUT2D eigenvalue weighted by Crippen LogP contribution is -2.43. The maximum absolute atomic E-state index is 12.6. The monoisotopic (exact) mass is 393 g/mol. The zero-order chi connectivity index (χ0) is 19.5. The molecule has 0 fully saturated rings. The molecule has 1 N–H and O–H groups in total. The van der Waals surface area contributed by atoms with Crippen molar-refractivity contribution in [1.29, 1.82) is 0 Å². The fourth-order valence-electron chi connectivity index (χ4n) is 3.10. The van der Waals surface area contributed by atoms with Crippen molar-refractivity contribution in [1.82, 2.24) is 20.1 Å². The van der Waals surface area contributed by atoms with Crippen LogP contribution < -0.4 is 10.2 Å². The Kier molecular flexibility index (Phi) is 5.12. The van der Waals surface area contributed by atoms with E-state index in [4.69, 9.17) is 0 Å². The maximum Gasteiger partial charge on any atom is 0.240 e. The highest BCUT2D eigenvalue weighted by Crippen LogP contribution is 2.34. The van der Waals surface area contributed by atoms with Gasteiger partial charge in [0.25, 0.3) is 0 Å². The van der Waals surface area contributed by atoms with E-state index >= 15 is 0 Å². The summed E-state index contributed by atoms with van der Waals surface area (Å²) in [5.74, 6) is 0.107. The van der Waals surface area contributed by atoms with Crippen molar-refractivity contribution in [3.05, 3.63) is 66.7 Å². The molecule has 0 aliphatic carbocycles. The smallest absolute Gasteiger partial charge is 0.240 e. The van der Waals surface area contributed by atoms with Crippen molar-refractivity contribution < 1.29 is 9.59 Å². The highest BCUT2D eigenvalue weighted by atomic mass is 32.2. The number of benzene rings is 2. The molecule has 0 saturated heterocycles. The number of anilines is 1. The summed E-state index contributed by atoms with van der Waals surface area (Å²) in [7, 11) is 0. The van der Waals surface area contributed by atoms with E-state index in [2.05, 4.69) is 15.4 Å². The van der Waals surface area contributed by atoms with Gasteiger partial charge in [-0.3, -0.25) is 9.59 Å². The SMILES string of the molecule is CC(NC(=O)CN1C(=O)CSc2ccccc21)c1ccc(-n2cncn2)cc1. The number of carbonyl (C=O) groups is 2. The molecular formula is C20H19N5O2S. The van der Waals surface area contributed by atoms with E-state index in [9.17, 15) is 9.59 Å². The second kappa shape index (κ2) is 7.85. The molecule has 1 aromatic heterocycles. The predicted molar refractivity (Wildman–Crippen MR) is 107 cm³/mol. The molecule has 4 rings (SSSR count). The number of amides is 2. The molecule has 0 bridgehead atoms. The Morgan fingerprint density at radius 3 is 2.75 bits per heavy atom. The van der Waals surface area contributed by atoms with Crippen LogP contribution in [0.1, 0.15) is 18.5 Å². The van der Waals surface area contributed by atoms with Crippen LogP contribution in [0, 0.1) is 0 Å². The summed E-state index contributed by atoms with van der Waals surface area (Å²) in [5.41, 5.74) is 2.66. The van der Waals surface area contributed by atoms with Gasteiger partial charge in [0.2, 0.25) is 11.8 Å². The van der Waals surface area contributed by atoms with Gasteiger partial charge in [0.05, 0.1) is 23.2 Å². The number of nitrogens with one attached hydrogen (secondary N) is 1. The van der Waals surface area contributed by atoms with E-state index in [1.807, 2.05) is 55.5 Å². The zero-order valence-electron chi connectivity index (χ0n) is 15.3. The average Bonchev–Trinajstić information content (AvgIpc) is 3.25. The van der Waals surface area contributed by atoms with E-state index in [1.54, 1.807) is 15.9 Å². The van der Waals surface area contributed by atoms with Crippen LogP contribution >= 0.6 is 11.8 Å². The van der Waals surface area contributed by atoms with Gasteiger partial charge in [0.1, 0.15) is 19.2 Å². The first-order valence-electron chi connectivity index (χ1n) is 8.88. The van der Waals surface area contributed by atoms with Crippen LogP contribution in [0.2, 0.25) is 0 Å². The Bertz CT molecular complexity index is 988. The fourth-order valence-corrected chi connectivity index (χ4v) is 4.03. The largest absolute Gasteiger partial charge is 0.348 e. The minimum atomic E-state index is -0.192. The summed E-state index contributed by atoms with van der Waals surface area (Å²) < 4.78 is 1.67. The number of fused-ring (bicyclic) bond motifs is 1. The lowest BCUT2D eigenvalue weighted by molar-refractivity contribution is -0.123. The van der Waals surface area contributed by atoms with Crippen LogP contribution in [0.25, 0.3) is 5.69 Å². The Hall–Kier alpha value is -3.13. The molecule has 0 saturated carbocycles. The maximum atomic E-state index is 12.6. The minimum Gasteiger partial charge on any atom is -0.348 e. The number of carbonyl (C=O) groups excluding carboxylic acids is 2. The van der Waals surface area contributed by atoms with Gasteiger partial charge in [-0.1, -0.05) is 24.3 Å². The van der Waals surface area contributed by atoms with Crippen LogP contribution in [-0.4, -0.2) is 38.9 Å². The van der Waals surface area contributed by atoms with Gasteiger partial charge >= 0.3 is 0 Å². The number of hydrogen-bond donors (Lipinski definition) is 1. The van der Waals surface area contributed by atoms with E-state index in [1.165, 1.54) is 18.1 Å². The van der Waals surface area contributed by atoms with Gasteiger partial charge in [0, 0.05) is 4.90 Å². The number of hydrogen-bond acceptors (Lipinski definition) is 5. The summed E-state index contributed by atoms with van der Waals surface area (Å²) in [6.45, 7) is 1.93. The van der Waals surface area contributed by atoms with Gasteiger partial charge < -0.3 is 10.2 Å². The molecule has 2 amide bonds. The van der Waals surface area contributed by atoms with Crippen LogP contribution in [-0.2, 0) is 9.59 Å². The van der Waals surface area contributed by atoms with Gasteiger partial charge in [-0.05, 0) is 36.8 Å². The second-order valence-corrected chi connectivity index (χ2v) is 7.47. The third-order valence-corrected chi connectivity index (χ3v) is 5.61. The zero-order valence-corrected chi connectivity index (χ0v) is 16.1. The van der Waals surface area contributed by atoms with Gasteiger partial charge in [0.15, 0.2) is 0 Å². The van der Waals surface area contributed by atoms with Gasteiger partial charge in [-0.15, -0.1) is 11.8 Å². The Morgan fingerprint density at radius 2 is 2.00 bits per heavy atom. The lowest BCUT2D eigenvalue weighted by atomic mass is 10.1. The van der Waals surface area contributed by atoms with Crippen LogP contribution in [0.15, 0.2) is 66.1 Å². The molecule has 28 heavy (non-hydrogen) atoms. The van der Waals surface area contributed by atoms with Crippen molar-refractivity contribution in [2.75, 3.05) is 17.2 Å². The van der Waals surface area contributed by atoms with E-state index in [0.717, 1.165) is 21.8 Å². The summed E-state index contributed by atoms with van der Waals surface area (Å²) >= 11 is 1.50. The number of thioether (sulfide) groups is 1. The molecule has 8 heteroatoms. The summed E-state index contributed by atoms with van der Waals surface area (Å²) in [4.78, 5) is 31.4. The van der Waals surface area contributed by atoms with Crippen molar-refractivity contribution in [2.45, 2.75) is 17.9 Å². The molecule has 1 atom stereocenters. The molecule has 7 nitrogen and oxygen atoms in total. The first-order chi connectivity index (χ1) is 13.6. The molecule has 0 spiro atoms. The highest BCUT2D eigenvalue weighted by molar-refractivity contribution is 8.00. The first-order valence-corrected chi connectivity index (χ1v) is 9.87. The highest BCUT2D eigenvalue weighted by Gasteiger charge is 2.26. The van der Waals surface area contributed by atoms with Crippen LogP contribution in [0.4, 0.5) is 5.69 Å². The topological polar surface area (TPSA) is 80.1 Å². The summed E-state index contributed by atoms with van der Waals surface area (Å²) in [6.07, 6.45) is 3.11. The van der Waals surface area contributed by atoms with Gasteiger partial charge in [-0.25, -0.2) is 9.67 Å². The fraction of sp³-hybridized carbons (Fsp3) is 0.200. The number of para-hydroxylation sites is 1. The van der Waals surface area contributed by atoms with Crippen molar-refractivity contribution in [3.63, 3.8) is 0 Å². The standard InChI is InChI=1S/C20H19N5O2S/c1-14(15-6-8-16(9-7-15)25-13-21-12-22-25)23-19(26)10-24-17-4-2-3-5-18(17)28-11-20(24)27/h2-9,12-14H,10-11H2,1H3,(H,23,26).